The molecule has 0 spiro atoms. The van der Waals surface area contributed by atoms with Crippen LogP contribution in [0.1, 0.15) is 42.6 Å². The van der Waals surface area contributed by atoms with E-state index in [1.165, 1.54) is 31.7 Å². The van der Waals surface area contributed by atoms with Gasteiger partial charge >= 0.3 is 5.97 Å². The minimum atomic E-state index is -0.997. The maximum absolute atomic E-state index is 10.9. The van der Waals surface area contributed by atoms with Crippen LogP contribution in [0.5, 0.6) is 0 Å². The largest absolute Gasteiger partial charge is 0.477 e. The summed E-state index contributed by atoms with van der Waals surface area (Å²) in [6.07, 6.45) is 5.95. The van der Waals surface area contributed by atoms with E-state index in [2.05, 4.69) is 10.3 Å². The fourth-order valence-electron chi connectivity index (χ4n) is 2.89. The highest BCUT2D eigenvalue weighted by Gasteiger charge is 2.33. The fraction of sp³-hybridized carbons (Fsp3) is 0.600. The van der Waals surface area contributed by atoms with Crippen molar-refractivity contribution in [3.8, 4) is 0 Å². The molecule has 110 valence electrons. The Labute approximate surface area is 119 Å². The number of aromatic nitrogens is 1. The summed E-state index contributed by atoms with van der Waals surface area (Å²) < 4.78 is 5.21. The van der Waals surface area contributed by atoms with Crippen molar-refractivity contribution < 1.29 is 14.6 Å². The summed E-state index contributed by atoms with van der Waals surface area (Å²) in [5, 5.41) is 12.3. The monoisotopic (exact) mass is 278 g/mol. The number of hydrogen-bond donors (Lipinski definition) is 2. The van der Waals surface area contributed by atoms with Gasteiger partial charge in [0.2, 0.25) is 0 Å². The molecule has 1 aromatic heterocycles. The van der Waals surface area contributed by atoms with Crippen molar-refractivity contribution in [1.82, 2.24) is 4.98 Å². The van der Waals surface area contributed by atoms with Crippen LogP contribution in [0.15, 0.2) is 18.2 Å². The Morgan fingerprint density at radius 1 is 1.45 bits per heavy atom. The molecular weight excluding hydrogens is 256 g/mol. The third kappa shape index (κ3) is 3.70. The van der Waals surface area contributed by atoms with Crippen LogP contribution in [-0.4, -0.2) is 36.3 Å². The second-order valence-electron chi connectivity index (χ2n) is 5.52. The predicted octanol–water partition coefficient (Wildman–Crippen LogP) is 2.79. The summed E-state index contributed by atoms with van der Waals surface area (Å²) in [5.74, 6) is -0.364. The maximum atomic E-state index is 10.9. The molecule has 2 N–H and O–H groups in total. The van der Waals surface area contributed by atoms with Crippen molar-refractivity contribution in [2.75, 3.05) is 25.6 Å². The molecule has 1 aliphatic carbocycles. The summed E-state index contributed by atoms with van der Waals surface area (Å²) in [4.78, 5) is 15.0. The molecule has 0 saturated heterocycles. The first-order chi connectivity index (χ1) is 9.65. The van der Waals surface area contributed by atoms with Crippen molar-refractivity contribution in [3.63, 3.8) is 0 Å². The first kappa shape index (κ1) is 14.8. The first-order valence-corrected chi connectivity index (χ1v) is 7.08. The number of carboxylic acid groups (broad SMARTS) is 1. The smallest absolute Gasteiger partial charge is 0.354 e. The molecule has 5 nitrogen and oxygen atoms in total. The van der Waals surface area contributed by atoms with Gasteiger partial charge in [-0.05, 0) is 36.8 Å². The zero-order valence-corrected chi connectivity index (χ0v) is 11.9. The van der Waals surface area contributed by atoms with Crippen molar-refractivity contribution in [2.24, 2.45) is 5.41 Å². The number of nitrogens with one attached hydrogen (secondary N) is 1. The van der Waals surface area contributed by atoms with Crippen molar-refractivity contribution in [2.45, 2.75) is 32.1 Å². The number of aromatic carboxylic acids is 1. The standard InChI is InChI=1S/C15H22N2O3/c1-20-10-9-15(7-2-3-8-15)11-16-13-6-4-5-12(17-13)14(18)19/h4-6H,2-3,7-11H2,1H3,(H,16,17)(H,18,19). The van der Waals surface area contributed by atoms with Gasteiger partial charge in [0, 0.05) is 20.3 Å². The van der Waals surface area contributed by atoms with Crippen LogP contribution in [-0.2, 0) is 4.74 Å². The predicted molar refractivity (Wildman–Crippen MR) is 77.1 cm³/mol. The zero-order chi connectivity index (χ0) is 14.4. The lowest BCUT2D eigenvalue weighted by molar-refractivity contribution is 0.0690. The molecule has 5 heteroatoms. The van der Waals surface area contributed by atoms with Crippen LogP contribution in [0.25, 0.3) is 0 Å². The van der Waals surface area contributed by atoms with Gasteiger partial charge in [-0.2, -0.15) is 0 Å². The van der Waals surface area contributed by atoms with Crippen LogP contribution in [0, 0.1) is 5.41 Å². The van der Waals surface area contributed by atoms with E-state index >= 15 is 0 Å². The number of rotatable bonds is 7. The van der Waals surface area contributed by atoms with E-state index in [1.807, 2.05) is 6.07 Å². The quantitative estimate of drug-likeness (QED) is 0.802. The van der Waals surface area contributed by atoms with Gasteiger partial charge in [0.15, 0.2) is 5.69 Å². The lowest BCUT2D eigenvalue weighted by Crippen LogP contribution is -2.28. The van der Waals surface area contributed by atoms with E-state index in [9.17, 15) is 4.79 Å². The normalized spacial score (nSPS) is 17.1. The summed E-state index contributed by atoms with van der Waals surface area (Å²) in [5.41, 5.74) is 0.337. The second kappa shape index (κ2) is 6.70. The minimum Gasteiger partial charge on any atom is -0.477 e. The molecule has 0 atom stereocenters. The molecule has 0 aromatic carbocycles. The van der Waals surface area contributed by atoms with Crippen molar-refractivity contribution >= 4 is 11.8 Å². The topological polar surface area (TPSA) is 71.5 Å². The molecule has 0 amide bonds. The number of ether oxygens (including phenoxy) is 1. The highest BCUT2D eigenvalue weighted by atomic mass is 16.5. The van der Waals surface area contributed by atoms with Gasteiger partial charge in [0.1, 0.15) is 5.82 Å². The second-order valence-corrected chi connectivity index (χ2v) is 5.52. The summed E-state index contributed by atoms with van der Waals surface area (Å²) >= 11 is 0. The molecule has 2 rings (SSSR count). The Kier molecular flexibility index (Phi) is 4.95. The highest BCUT2D eigenvalue weighted by Crippen LogP contribution is 2.41. The summed E-state index contributed by atoms with van der Waals surface area (Å²) in [6, 6.07) is 5.03. The fourth-order valence-corrected chi connectivity index (χ4v) is 2.89. The Hall–Kier alpha value is -1.62. The van der Waals surface area contributed by atoms with E-state index in [-0.39, 0.29) is 11.1 Å². The SMILES string of the molecule is COCCC1(CNc2cccc(C(=O)O)n2)CCCC1. The molecule has 0 unspecified atom stereocenters. The molecule has 20 heavy (non-hydrogen) atoms. The van der Waals surface area contributed by atoms with Gasteiger partial charge in [0.05, 0.1) is 0 Å². The lowest BCUT2D eigenvalue weighted by atomic mass is 9.83. The number of nitrogens with zero attached hydrogens (tertiary/aromatic N) is 1. The third-order valence-electron chi connectivity index (χ3n) is 4.11. The van der Waals surface area contributed by atoms with Gasteiger partial charge in [-0.1, -0.05) is 18.9 Å². The molecule has 1 fully saturated rings. The molecule has 1 aliphatic rings. The third-order valence-corrected chi connectivity index (χ3v) is 4.11. The molecule has 0 bridgehead atoms. The van der Waals surface area contributed by atoms with E-state index in [0.717, 1.165) is 19.6 Å². The average Bonchev–Trinajstić information content (AvgIpc) is 2.93. The summed E-state index contributed by atoms with van der Waals surface area (Å²) in [7, 11) is 1.73. The van der Waals surface area contributed by atoms with Crippen LogP contribution < -0.4 is 5.32 Å². The van der Waals surface area contributed by atoms with Crippen LogP contribution >= 0.6 is 0 Å². The number of hydrogen-bond acceptors (Lipinski definition) is 4. The Morgan fingerprint density at radius 3 is 2.85 bits per heavy atom. The Bertz CT molecular complexity index is 456. The number of pyridine rings is 1. The van der Waals surface area contributed by atoms with Gasteiger partial charge < -0.3 is 15.2 Å². The van der Waals surface area contributed by atoms with E-state index in [1.54, 1.807) is 13.2 Å². The van der Waals surface area contributed by atoms with Gasteiger partial charge in [-0.25, -0.2) is 9.78 Å². The van der Waals surface area contributed by atoms with Gasteiger partial charge in [-0.15, -0.1) is 0 Å². The van der Waals surface area contributed by atoms with E-state index < -0.39 is 5.97 Å². The molecule has 1 heterocycles. The zero-order valence-electron chi connectivity index (χ0n) is 11.9. The Balaban J connectivity index is 1.98. The molecule has 1 aromatic rings. The van der Waals surface area contributed by atoms with Crippen LogP contribution in [0.4, 0.5) is 5.82 Å². The lowest BCUT2D eigenvalue weighted by Gasteiger charge is -2.29. The maximum Gasteiger partial charge on any atom is 0.354 e. The highest BCUT2D eigenvalue weighted by molar-refractivity contribution is 5.85. The van der Waals surface area contributed by atoms with E-state index in [4.69, 9.17) is 9.84 Å². The van der Waals surface area contributed by atoms with Gasteiger partial charge in [0.25, 0.3) is 0 Å². The number of carboxylic acids is 1. The first-order valence-electron chi connectivity index (χ1n) is 7.08. The molecular formula is C15H22N2O3. The van der Waals surface area contributed by atoms with E-state index in [0.29, 0.717) is 5.82 Å². The number of carbonyl (C=O) groups is 1. The molecule has 0 radical (unpaired) electrons. The molecule has 1 saturated carbocycles. The van der Waals surface area contributed by atoms with Crippen LogP contribution in [0.2, 0.25) is 0 Å². The summed E-state index contributed by atoms with van der Waals surface area (Å²) in [6.45, 7) is 1.59. The number of methoxy groups -OCH3 is 1. The minimum absolute atomic E-state index is 0.0763. The number of anilines is 1. The molecule has 0 aliphatic heterocycles. The van der Waals surface area contributed by atoms with Crippen LogP contribution in [0.3, 0.4) is 0 Å². The Morgan fingerprint density at radius 2 is 2.20 bits per heavy atom. The van der Waals surface area contributed by atoms with Crippen molar-refractivity contribution in [1.29, 1.82) is 0 Å². The van der Waals surface area contributed by atoms with Gasteiger partial charge in [-0.3, -0.25) is 0 Å². The average molecular weight is 278 g/mol. The van der Waals surface area contributed by atoms with Crippen molar-refractivity contribution in [3.05, 3.63) is 23.9 Å².